The molecule has 3 atom stereocenters. The van der Waals surface area contributed by atoms with Gasteiger partial charge in [-0.15, -0.1) is 12.4 Å². The van der Waals surface area contributed by atoms with E-state index >= 15 is 0 Å². The monoisotopic (exact) mass is 356 g/mol. The number of rotatable bonds is 4. The third kappa shape index (κ3) is 4.39. The predicted octanol–water partition coefficient (Wildman–Crippen LogP) is 3.04. The van der Waals surface area contributed by atoms with Gasteiger partial charge in [-0.25, -0.2) is 4.39 Å². The topological polar surface area (TPSA) is 64.3 Å². The van der Waals surface area contributed by atoms with E-state index in [0.29, 0.717) is 17.6 Å². The van der Waals surface area contributed by atoms with Crippen LogP contribution < -0.4 is 15.8 Å². The molecule has 134 valence electrons. The summed E-state index contributed by atoms with van der Waals surface area (Å²) in [6.45, 7) is 1.70. The van der Waals surface area contributed by atoms with Gasteiger partial charge in [0.25, 0.3) is 5.91 Å². The number of ether oxygens (including phenoxy) is 1. The fourth-order valence-electron chi connectivity index (χ4n) is 4.10. The maximum Gasteiger partial charge on any atom is 0.261 e. The zero-order valence-corrected chi connectivity index (χ0v) is 14.7. The molecule has 2 fully saturated rings. The van der Waals surface area contributed by atoms with E-state index in [9.17, 15) is 9.18 Å². The fraction of sp³-hybridized carbons (Fsp3) is 0.611. The lowest BCUT2D eigenvalue weighted by Crippen LogP contribution is -2.55. The van der Waals surface area contributed by atoms with Crippen LogP contribution in [-0.2, 0) is 4.79 Å². The van der Waals surface area contributed by atoms with Crippen molar-refractivity contribution in [3.05, 3.63) is 30.1 Å². The first-order chi connectivity index (χ1) is 11.0. The third-order valence-electron chi connectivity index (χ3n) is 5.16. The van der Waals surface area contributed by atoms with E-state index in [4.69, 9.17) is 10.5 Å². The van der Waals surface area contributed by atoms with E-state index in [1.807, 2.05) is 0 Å². The summed E-state index contributed by atoms with van der Waals surface area (Å²) in [5, 5.41) is 3.16. The van der Waals surface area contributed by atoms with Crippen LogP contribution in [0.15, 0.2) is 24.3 Å². The van der Waals surface area contributed by atoms with Crippen molar-refractivity contribution in [3.63, 3.8) is 0 Å². The lowest BCUT2D eigenvalue weighted by molar-refractivity contribution is -0.129. The number of hydrogen-bond acceptors (Lipinski definition) is 3. The summed E-state index contributed by atoms with van der Waals surface area (Å²) in [5.41, 5.74) is 6.12. The highest BCUT2D eigenvalue weighted by molar-refractivity contribution is 5.85. The Bertz CT molecular complexity index is 558. The number of carbonyl (C=O) groups is 1. The molecule has 0 radical (unpaired) electrons. The van der Waals surface area contributed by atoms with Gasteiger partial charge < -0.3 is 15.8 Å². The summed E-state index contributed by atoms with van der Waals surface area (Å²) in [4.78, 5) is 12.5. The zero-order valence-electron chi connectivity index (χ0n) is 13.9. The Morgan fingerprint density at radius 3 is 2.62 bits per heavy atom. The van der Waals surface area contributed by atoms with Crippen LogP contribution in [-0.4, -0.2) is 24.1 Å². The van der Waals surface area contributed by atoms with Crippen molar-refractivity contribution in [1.82, 2.24) is 5.32 Å². The number of carbonyl (C=O) groups excluding carboxylic acids is 1. The van der Waals surface area contributed by atoms with Crippen LogP contribution >= 0.6 is 12.4 Å². The number of hydrogen-bond donors (Lipinski definition) is 2. The molecule has 0 saturated heterocycles. The number of benzene rings is 1. The maximum atomic E-state index is 13.2. The van der Waals surface area contributed by atoms with Crippen molar-refractivity contribution in [3.8, 4) is 5.75 Å². The van der Waals surface area contributed by atoms with Crippen molar-refractivity contribution < 1.29 is 13.9 Å². The van der Waals surface area contributed by atoms with Crippen molar-refractivity contribution >= 4 is 18.3 Å². The molecule has 1 aromatic carbocycles. The minimum atomic E-state index is -0.645. The van der Waals surface area contributed by atoms with E-state index in [1.165, 1.54) is 18.6 Å². The molecule has 2 saturated carbocycles. The molecule has 3 rings (SSSR count). The second-order valence-corrected chi connectivity index (χ2v) is 6.93. The average molecular weight is 357 g/mol. The summed E-state index contributed by atoms with van der Waals surface area (Å²) in [5.74, 6) is 0.821. The van der Waals surface area contributed by atoms with Crippen molar-refractivity contribution in [2.75, 3.05) is 0 Å². The fourth-order valence-corrected chi connectivity index (χ4v) is 4.10. The Morgan fingerprint density at radius 1 is 1.33 bits per heavy atom. The van der Waals surface area contributed by atoms with Crippen LogP contribution in [0.4, 0.5) is 4.39 Å². The van der Waals surface area contributed by atoms with Gasteiger partial charge in [-0.2, -0.15) is 0 Å². The molecule has 0 aliphatic heterocycles. The Balaban J connectivity index is 0.00000208. The first-order valence-electron chi connectivity index (χ1n) is 8.51. The SMILES string of the molecule is CC(Oc1cccc(F)c1)C(=O)NC1C2CCCC1CC(N)C2.Cl. The van der Waals surface area contributed by atoms with Gasteiger partial charge in [0.15, 0.2) is 6.10 Å². The average Bonchev–Trinajstić information content (AvgIpc) is 2.48. The van der Waals surface area contributed by atoms with Crippen LogP contribution in [0.3, 0.4) is 0 Å². The normalized spacial score (nSPS) is 30.0. The number of nitrogens with one attached hydrogen (secondary N) is 1. The zero-order chi connectivity index (χ0) is 16.4. The molecule has 1 aromatic rings. The van der Waals surface area contributed by atoms with Gasteiger partial charge in [-0.05, 0) is 56.6 Å². The maximum absolute atomic E-state index is 13.2. The quantitative estimate of drug-likeness (QED) is 0.871. The third-order valence-corrected chi connectivity index (χ3v) is 5.16. The first kappa shape index (κ1) is 19.0. The number of amides is 1. The summed E-state index contributed by atoms with van der Waals surface area (Å²) in [6.07, 6.45) is 4.82. The molecular weight excluding hydrogens is 331 g/mol. The molecule has 2 bridgehead atoms. The second-order valence-electron chi connectivity index (χ2n) is 6.93. The Morgan fingerprint density at radius 2 is 2.00 bits per heavy atom. The van der Waals surface area contributed by atoms with E-state index < -0.39 is 6.10 Å². The van der Waals surface area contributed by atoms with Crippen molar-refractivity contribution in [2.24, 2.45) is 17.6 Å². The van der Waals surface area contributed by atoms with Crippen molar-refractivity contribution in [1.29, 1.82) is 0 Å². The molecule has 24 heavy (non-hydrogen) atoms. The van der Waals surface area contributed by atoms with Gasteiger partial charge in [0.05, 0.1) is 0 Å². The van der Waals surface area contributed by atoms with Crippen LogP contribution in [0.25, 0.3) is 0 Å². The molecular formula is C18H26ClFN2O2. The molecule has 1 amide bonds. The Kier molecular flexibility index (Phi) is 6.47. The Hall–Kier alpha value is -1.33. The van der Waals surface area contributed by atoms with Gasteiger partial charge in [0.1, 0.15) is 11.6 Å². The molecule has 6 heteroatoms. The van der Waals surface area contributed by atoms with Gasteiger partial charge in [-0.3, -0.25) is 4.79 Å². The smallest absolute Gasteiger partial charge is 0.261 e. The summed E-state index contributed by atoms with van der Waals surface area (Å²) < 4.78 is 18.8. The van der Waals surface area contributed by atoms with Gasteiger partial charge in [-0.1, -0.05) is 12.5 Å². The van der Waals surface area contributed by atoms with Gasteiger partial charge >= 0.3 is 0 Å². The minimum absolute atomic E-state index is 0. The first-order valence-corrected chi connectivity index (χ1v) is 8.51. The molecule has 2 aliphatic rings. The lowest BCUT2D eigenvalue weighted by atomic mass is 9.67. The summed E-state index contributed by atoms with van der Waals surface area (Å²) >= 11 is 0. The minimum Gasteiger partial charge on any atom is -0.481 e. The number of fused-ring (bicyclic) bond motifs is 2. The van der Waals surface area contributed by atoms with Crippen LogP contribution in [0.1, 0.15) is 39.0 Å². The second kappa shape index (κ2) is 8.17. The highest BCUT2D eigenvalue weighted by Gasteiger charge is 2.40. The lowest BCUT2D eigenvalue weighted by Gasteiger charge is -2.45. The largest absolute Gasteiger partial charge is 0.481 e. The molecule has 0 aromatic heterocycles. The molecule has 0 heterocycles. The van der Waals surface area contributed by atoms with E-state index in [2.05, 4.69) is 5.32 Å². The van der Waals surface area contributed by atoms with E-state index in [0.717, 1.165) is 25.7 Å². The molecule has 2 aliphatic carbocycles. The predicted molar refractivity (Wildman–Crippen MR) is 93.7 cm³/mol. The van der Waals surface area contributed by atoms with E-state index in [-0.39, 0.29) is 36.2 Å². The molecule has 3 unspecified atom stereocenters. The number of nitrogens with two attached hydrogens (primary N) is 1. The molecule has 4 nitrogen and oxygen atoms in total. The highest BCUT2D eigenvalue weighted by atomic mass is 35.5. The summed E-state index contributed by atoms with van der Waals surface area (Å²) in [7, 11) is 0. The standard InChI is InChI=1S/C18H25FN2O2.ClH/c1-11(23-16-7-3-6-14(19)10-16)18(22)21-17-12-4-2-5-13(17)9-15(20)8-12;/h3,6-7,10-13,15,17H,2,4-5,8-9,20H2,1H3,(H,21,22);1H. The highest BCUT2D eigenvalue weighted by Crippen LogP contribution is 2.39. The van der Waals surface area contributed by atoms with Gasteiger partial charge in [0.2, 0.25) is 0 Å². The Labute approximate surface area is 148 Å². The van der Waals surface area contributed by atoms with Gasteiger partial charge in [0, 0.05) is 18.2 Å². The van der Waals surface area contributed by atoms with Crippen LogP contribution in [0, 0.1) is 17.7 Å². The molecule has 3 N–H and O–H groups in total. The van der Waals surface area contributed by atoms with Crippen LogP contribution in [0.5, 0.6) is 5.75 Å². The number of halogens is 2. The summed E-state index contributed by atoms with van der Waals surface area (Å²) in [6, 6.07) is 6.33. The molecule has 0 spiro atoms. The van der Waals surface area contributed by atoms with Crippen molar-refractivity contribution in [2.45, 2.75) is 57.2 Å². The van der Waals surface area contributed by atoms with E-state index in [1.54, 1.807) is 19.1 Å². The van der Waals surface area contributed by atoms with Crippen LogP contribution in [0.2, 0.25) is 0 Å².